The van der Waals surface area contributed by atoms with E-state index in [1.165, 1.54) is 12.1 Å². The standard InChI is InChI=1S/C13H17FO2/c1-9-4-5-10(14)8-11(9)12(15)13(2)6-3-7-16-13/h4-5,8,12,15H,3,6-7H2,1-2H3. The van der Waals surface area contributed by atoms with Crippen molar-refractivity contribution in [1.82, 2.24) is 0 Å². The number of halogens is 1. The molecule has 1 aromatic rings. The summed E-state index contributed by atoms with van der Waals surface area (Å²) < 4.78 is 18.7. The maximum Gasteiger partial charge on any atom is 0.123 e. The van der Waals surface area contributed by atoms with Gasteiger partial charge in [-0.1, -0.05) is 6.07 Å². The molecule has 1 fully saturated rings. The minimum atomic E-state index is -0.759. The van der Waals surface area contributed by atoms with Gasteiger partial charge in [0.1, 0.15) is 11.9 Å². The van der Waals surface area contributed by atoms with Crippen LogP contribution in [0.4, 0.5) is 4.39 Å². The highest BCUT2D eigenvalue weighted by molar-refractivity contribution is 5.30. The molecule has 3 heteroatoms. The second-order valence-electron chi connectivity index (χ2n) is 4.67. The average molecular weight is 224 g/mol. The van der Waals surface area contributed by atoms with Crippen molar-refractivity contribution in [2.45, 2.75) is 38.4 Å². The summed E-state index contributed by atoms with van der Waals surface area (Å²) in [6.07, 6.45) is 0.997. The Morgan fingerprint density at radius 1 is 1.50 bits per heavy atom. The van der Waals surface area contributed by atoms with Gasteiger partial charge in [-0.2, -0.15) is 0 Å². The molecule has 0 aromatic heterocycles. The second-order valence-corrected chi connectivity index (χ2v) is 4.67. The van der Waals surface area contributed by atoms with Crippen molar-refractivity contribution in [2.75, 3.05) is 6.61 Å². The van der Waals surface area contributed by atoms with E-state index >= 15 is 0 Å². The third kappa shape index (κ3) is 1.97. The molecular formula is C13H17FO2. The lowest BCUT2D eigenvalue weighted by molar-refractivity contribution is -0.0799. The van der Waals surface area contributed by atoms with Gasteiger partial charge in [0.05, 0.1) is 5.60 Å². The molecule has 1 heterocycles. The topological polar surface area (TPSA) is 29.5 Å². The molecule has 0 amide bonds. The Kier molecular flexibility index (Phi) is 3.00. The molecule has 2 nitrogen and oxygen atoms in total. The smallest absolute Gasteiger partial charge is 0.123 e. The van der Waals surface area contributed by atoms with Gasteiger partial charge in [-0.15, -0.1) is 0 Å². The molecule has 16 heavy (non-hydrogen) atoms. The summed E-state index contributed by atoms with van der Waals surface area (Å²) >= 11 is 0. The van der Waals surface area contributed by atoms with E-state index in [1.54, 1.807) is 6.07 Å². The van der Waals surface area contributed by atoms with E-state index in [0.717, 1.165) is 18.4 Å². The monoisotopic (exact) mass is 224 g/mol. The number of aryl methyl sites for hydroxylation is 1. The largest absolute Gasteiger partial charge is 0.385 e. The molecule has 2 atom stereocenters. The lowest BCUT2D eigenvalue weighted by atomic mass is 9.88. The average Bonchev–Trinajstić information content (AvgIpc) is 2.69. The predicted octanol–water partition coefficient (Wildman–Crippen LogP) is 2.74. The number of aliphatic hydroxyl groups is 1. The maximum atomic E-state index is 13.2. The first-order chi connectivity index (χ1) is 7.53. The van der Waals surface area contributed by atoms with Crippen LogP contribution in [0.15, 0.2) is 18.2 Å². The van der Waals surface area contributed by atoms with E-state index in [9.17, 15) is 9.50 Å². The van der Waals surface area contributed by atoms with Crippen molar-refractivity contribution in [3.63, 3.8) is 0 Å². The number of ether oxygens (including phenoxy) is 1. The molecule has 1 aliphatic heterocycles. The molecule has 1 aromatic carbocycles. The first-order valence-electron chi connectivity index (χ1n) is 5.61. The van der Waals surface area contributed by atoms with Gasteiger partial charge in [0.25, 0.3) is 0 Å². The first-order valence-corrected chi connectivity index (χ1v) is 5.61. The number of benzene rings is 1. The van der Waals surface area contributed by atoms with Gasteiger partial charge in [-0.05, 0) is 49.9 Å². The Morgan fingerprint density at radius 2 is 2.25 bits per heavy atom. The summed E-state index contributed by atoms with van der Waals surface area (Å²) in [6.45, 7) is 4.42. The van der Waals surface area contributed by atoms with E-state index in [2.05, 4.69) is 0 Å². The van der Waals surface area contributed by atoms with Crippen molar-refractivity contribution >= 4 is 0 Å². The zero-order valence-corrected chi connectivity index (χ0v) is 9.66. The van der Waals surface area contributed by atoms with Crippen molar-refractivity contribution in [2.24, 2.45) is 0 Å². The molecule has 1 N–H and O–H groups in total. The lowest BCUT2D eigenvalue weighted by Gasteiger charge is -2.30. The quantitative estimate of drug-likeness (QED) is 0.837. The van der Waals surface area contributed by atoms with Crippen LogP contribution in [0.25, 0.3) is 0 Å². The van der Waals surface area contributed by atoms with Gasteiger partial charge in [-0.25, -0.2) is 4.39 Å². The van der Waals surface area contributed by atoms with Crippen molar-refractivity contribution in [1.29, 1.82) is 0 Å². The zero-order chi connectivity index (χ0) is 11.8. The van der Waals surface area contributed by atoms with Crippen LogP contribution in [0.1, 0.15) is 37.0 Å². The SMILES string of the molecule is Cc1ccc(F)cc1C(O)C1(C)CCCO1. The van der Waals surface area contributed by atoms with Gasteiger partial charge >= 0.3 is 0 Å². The van der Waals surface area contributed by atoms with E-state index < -0.39 is 11.7 Å². The number of aliphatic hydroxyl groups excluding tert-OH is 1. The molecule has 0 radical (unpaired) electrons. The van der Waals surface area contributed by atoms with Gasteiger partial charge in [-0.3, -0.25) is 0 Å². The molecule has 1 saturated heterocycles. The number of hydrogen-bond donors (Lipinski definition) is 1. The number of hydrogen-bond acceptors (Lipinski definition) is 2. The summed E-state index contributed by atoms with van der Waals surface area (Å²) in [4.78, 5) is 0. The van der Waals surface area contributed by atoms with Crippen LogP contribution < -0.4 is 0 Å². The highest BCUT2D eigenvalue weighted by atomic mass is 19.1. The molecule has 0 saturated carbocycles. The van der Waals surface area contributed by atoms with Gasteiger partial charge in [0, 0.05) is 6.61 Å². The minimum Gasteiger partial charge on any atom is -0.385 e. The highest BCUT2D eigenvalue weighted by Gasteiger charge is 2.38. The van der Waals surface area contributed by atoms with Gasteiger partial charge < -0.3 is 9.84 Å². The molecule has 0 bridgehead atoms. The van der Waals surface area contributed by atoms with Crippen molar-refractivity contribution < 1.29 is 14.2 Å². The third-order valence-electron chi connectivity index (χ3n) is 3.36. The molecule has 1 aliphatic rings. The van der Waals surface area contributed by atoms with Gasteiger partial charge in [0.15, 0.2) is 0 Å². The molecule has 0 spiro atoms. The Bertz CT molecular complexity index is 384. The Hall–Kier alpha value is -0.930. The van der Waals surface area contributed by atoms with Crippen LogP contribution in [0.3, 0.4) is 0 Å². The Labute approximate surface area is 95.1 Å². The van der Waals surface area contributed by atoms with E-state index in [4.69, 9.17) is 4.74 Å². The predicted molar refractivity (Wildman–Crippen MR) is 59.7 cm³/mol. The lowest BCUT2D eigenvalue weighted by Crippen LogP contribution is -2.32. The van der Waals surface area contributed by atoms with E-state index in [1.807, 2.05) is 13.8 Å². The third-order valence-corrected chi connectivity index (χ3v) is 3.36. The molecule has 2 unspecified atom stereocenters. The highest BCUT2D eigenvalue weighted by Crippen LogP contribution is 2.38. The molecule has 88 valence electrons. The Balaban J connectivity index is 2.32. The fourth-order valence-electron chi connectivity index (χ4n) is 2.25. The van der Waals surface area contributed by atoms with Crippen LogP contribution >= 0.6 is 0 Å². The summed E-state index contributed by atoms with van der Waals surface area (Å²) in [5.41, 5.74) is 0.952. The summed E-state index contributed by atoms with van der Waals surface area (Å²) in [6, 6.07) is 4.49. The fraction of sp³-hybridized carbons (Fsp3) is 0.538. The molecule has 2 rings (SSSR count). The summed E-state index contributed by atoms with van der Waals surface area (Å²) in [7, 11) is 0. The second kappa shape index (κ2) is 4.15. The summed E-state index contributed by atoms with van der Waals surface area (Å²) in [5.74, 6) is -0.318. The van der Waals surface area contributed by atoms with E-state index in [-0.39, 0.29) is 5.82 Å². The first kappa shape index (κ1) is 11.6. The van der Waals surface area contributed by atoms with Crippen LogP contribution in [0.5, 0.6) is 0 Å². The minimum absolute atomic E-state index is 0.318. The summed E-state index contributed by atoms with van der Waals surface area (Å²) in [5, 5.41) is 10.3. The Morgan fingerprint density at radius 3 is 2.88 bits per heavy atom. The van der Waals surface area contributed by atoms with Crippen LogP contribution in [-0.2, 0) is 4.74 Å². The molecular weight excluding hydrogens is 207 g/mol. The van der Waals surface area contributed by atoms with Crippen LogP contribution in [0, 0.1) is 12.7 Å². The van der Waals surface area contributed by atoms with Gasteiger partial charge in [0.2, 0.25) is 0 Å². The normalized spacial score (nSPS) is 27.0. The fourth-order valence-corrected chi connectivity index (χ4v) is 2.25. The van der Waals surface area contributed by atoms with E-state index in [0.29, 0.717) is 12.2 Å². The zero-order valence-electron chi connectivity index (χ0n) is 9.66. The van der Waals surface area contributed by atoms with Crippen LogP contribution in [0.2, 0.25) is 0 Å². The molecule has 0 aliphatic carbocycles. The van der Waals surface area contributed by atoms with Crippen molar-refractivity contribution in [3.8, 4) is 0 Å². The number of rotatable bonds is 2. The maximum absolute atomic E-state index is 13.2. The van der Waals surface area contributed by atoms with Crippen molar-refractivity contribution in [3.05, 3.63) is 35.1 Å². The van der Waals surface area contributed by atoms with Crippen LogP contribution in [-0.4, -0.2) is 17.3 Å².